The summed E-state index contributed by atoms with van der Waals surface area (Å²) in [6.45, 7) is -5.27. The van der Waals surface area contributed by atoms with Gasteiger partial charge in [0, 0.05) is 0 Å². The van der Waals surface area contributed by atoms with Crippen LogP contribution >= 0.6 is 0 Å². The van der Waals surface area contributed by atoms with Gasteiger partial charge in [-0.2, -0.15) is 43.9 Å². The molecule has 2 nitrogen and oxygen atoms in total. The van der Waals surface area contributed by atoms with Crippen LogP contribution in [0, 0.1) is 98.9 Å². The molecule has 0 aliphatic rings. The fourth-order valence-corrected chi connectivity index (χ4v) is 5.99. The van der Waals surface area contributed by atoms with Gasteiger partial charge in [0.15, 0.2) is 93.8 Å². The molecule has 366 valence electrons. The van der Waals surface area contributed by atoms with Gasteiger partial charge in [-0.25, -0.2) is 70.2 Å². The van der Waals surface area contributed by atoms with E-state index in [1.54, 1.807) is 0 Å². The first-order valence-corrected chi connectivity index (χ1v) is 17.5. The quantitative estimate of drug-likeness (QED) is 0.0671. The normalized spacial score (nSPS) is 14.8. The predicted octanol–water partition coefficient (Wildman–Crippen LogP) is 14.2. The largest absolute Gasteiger partial charge is 0.481 e. The molecule has 2 unspecified atom stereocenters. The van der Waals surface area contributed by atoms with E-state index in [0.29, 0.717) is 13.8 Å². The van der Waals surface area contributed by atoms with E-state index < -0.39 is 199 Å². The fourth-order valence-electron chi connectivity index (χ4n) is 5.99. The number of hydrogen-bond acceptors (Lipinski definition) is 2. The first kappa shape index (κ1) is 53.4. The van der Waals surface area contributed by atoms with Gasteiger partial charge in [-0.1, -0.05) is 13.8 Å². The lowest BCUT2D eigenvalue weighted by Crippen LogP contribution is -2.65. The Morgan fingerprint density at radius 2 is 0.606 bits per heavy atom. The summed E-state index contributed by atoms with van der Waals surface area (Å²) in [5.41, 5.74) is -22.0. The molecular weight excluding hydrogens is 982 g/mol. The van der Waals surface area contributed by atoms with Crippen LogP contribution in [0.25, 0.3) is 22.3 Å². The van der Waals surface area contributed by atoms with Gasteiger partial charge in [-0.05, 0) is 26.7 Å². The van der Waals surface area contributed by atoms with Crippen molar-refractivity contribution >= 4 is 0 Å². The highest BCUT2D eigenvalue weighted by molar-refractivity contribution is 5.70. The summed E-state index contributed by atoms with van der Waals surface area (Å²) in [6, 6.07) is 0. The average molecular weight is 1000 g/mol. The predicted molar refractivity (Wildman–Crippen MR) is 171 cm³/mol. The van der Waals surface area contributed by atoms with E-state index in [1.165, 1.54) is 0 Å². The van der Waals surface area contributed by atoms with Crippen LogP contribution in [0.15, 0.2) is 0 Å². The van der Waals surface area contributed by atoms with E-state index in [9.17, 15) is 96.6 Å². The summed E-state index contributed by atoms with van der Waals surface area (Å²) < 4.78 is 390. The molecule has 66 heavy (non-hydrogen) atoms. The maximum absolute atomic E-state index is 15.3. The molecule has 0 saturated carbocycles. The van der Waals surface area contributed by atoms with Gasteiger partial charge >= 0.3 is 23.7 Å². The SMILES string of the molecule is CCC(C)(F)c1c(F)c(F)c(-c2c(F)c(F)c(OCC(F)(F)C(F)(F)C(F)(F)C(F)(F)COC(C)(CC)c3c(F)c(F)c(-c4c(F)c(F)c(F)c(F)c4F)c(F)c3F)c(F)c2F)c(F)c1F. The lowest BCUT2D eigenvalue weighted by molar-refractivity contribution is -0.377. The smallest absolute Gasteiger partial charge is 0.381 e. The molecule has 0 heterocycles. The number of alkyl halides is 9. The van der Waals surface area contributed by atoms with E-state index in [1.807, 2.05) is 0 Å². The third kappa shape index (κ3) is 8.00. The van der Waals surface area contributed by atoms with Gasteiger partial charge in [0.05, 0.1) is 39.0 Å². The molecule has 0 aliphatic heterocycles. The highest BCUT2D eigenvalue weighted by Crippen LogP contribution is 2.54. The summed E-state index contributed by atoms with van der Waals surface area (Å²) in [5, 5.41) is 0. The van der Waals surface area contributed by atoms with Crippen LogP contribution < -0.4 is 4.74 Å². The molecular formula is C38H20F26O2. The minimum absolute atomic E-state index is 0.0731. The second-order valence-corrected chi connectivity index (χ2v) is 14.2. The molecule has 28 heteroatoms. The second kappa shape index (κ2) is 17.5. The van der Waals surface area contributed by atoms with Gasteiger partial charge in [-0.15, -0.1) is 0 Å². The zero-order valence-corrected chi connectivity index (χ0v) is 32.5. The van der Waals surface area contributed by atoms with Gasteiger partial charge < -0.3 is 9.47 Å². The van der Waals surface area contributed by atoms with E-state index in [2.05, 4.69) is 9.47 Å². The molecule has 4 aromatic rings. The molecule has 0 N–H and O–H groups in total. The highest BCUT2D eigenvalue weighted by atomic mass is 19.4. The number of ether oxygens (including phenoxy) is 2. The Morgan fingerprint density at radius 1 is 0.333 bits per heavy atom. The maximum atomic E-state index is 15.3. The van der Waals surface area contributed by atoms with Gasteiger partial charge in [0.2, 0.25) is 17.5 Å². The molecule has 4 aromatic carbocycles. The van der Waals surface area contributed by atoms with Gasteiger partial charge in [0.1, 0.15) is 12.3 Å². The first-order chi connectivity index (χ1) is 29.9. The zero-order valence-electron chi connectivity index (χ0n) is 32.5. The molecule has 0 aliphatic carbocycles. The van der Waals surface area contributed by atoms with Crippen LogP contribution in [0.3, 0.4) is 0 Å². The number of benzene rings is 4. The Bertz CT molecular complexity index is 2490. The van der Waals surface area contributed by atoms with Crippen molar-refractivity contribution in [3.05, 3.63) is 110 Å². The molecule has 0 spiro atoms. The minimum Gasteiger partial charge on any atom is -0.481 e. The summed E-state index contributed by atoms with van der Waals surface area (Å²) in [4.78, 5) is 0. The van der Waals surface area contributed by atoms with Crippen molar-refractivity contribution in [2.24, 2.45) is 0 Å². The van der Waals surface area contributed by atoms with Crippen LogP contribution in [0.1, 0.15) is 51.7 Å². The molecule has 0 fully saturated rings. The van der Waals surface area contributed by atoms with Crippen molar-refractivity contribution < 1.29 is 124 Å². The fraction of sp³-hybridized carbons (Fsp3) is 0.368. The summed E-state index contributed by atoms with van der Waals surface area (Å²) in [7, 11) is 0. The standard InChI is InChI=1S/C38H20F26O2/c1-5-33(3,56)13-23(47)15(39)10(16(40)24(13)48)12-21(45)30(54)32(31(55)22(12)46)65-7-35(57,58)37(61,62)38(63,64)36(59,60)8-66-34(4,6-2)14-25(49)17(41)9(18(42)26(14)50)11-19(43)27(51)29(53)28(52)20(11)44/h5-8H2,1-4H3. The van der Waals surface area contributed by atoms with E-state index in [4.69, 9.17) is 0 Å². The lowest BCUT2D eigenvalue weighted by atomic mass is 9.88. The molecule has 0 saturated heterocycles. The monoisotopic (exact) mass is 1000 g/mol. The zero-order chi connectivity index (χ0) is 51.1. The highest BCUT2D eigenvalue weighted by Gasteiger charge is 2.81. The minimum atomic E-state index is -7.63. The van der Waals surface area contributed by atoms with Crippen LogP contribution in [0.2, 0.25) is 0 Å². The number of rotatable bonds is 15. The summed E-state index contributed by atoms with van der Waals surface area (Å²) >= 11 is 0. The lowest BCUT2D eigenvalue weighted by Gasteiger charge is -2.38. The van der Waals surface area contributed by atoms with Gasteiger partial charge in [0.25, 0.3) is 0 Å². The summed E-state index contributed by atoms with van der Waals surface area (Å²) in [5.74, 6) is -83.5. The third-order valence-electron chi connectivity index (χ3n) is 10.1. The van der Waals surface area contributed by atoms with E-state index in [-0.39, 0.29) is 6.92 Å². The van der Waals surface area contributed by atoms with Crippen molar-refractivity contribution in [1.82, 2.24) is 0 Å². The van der Waals surface area contributed by atoms with Crippen molar-refractivity contribution in [3.8, 4) is 28.0 Å². The molecule has 0 radical (unpaired) electrons. The van der Waals surface area contributed by atoms with Crippen molar-refractivity contribution in [2.45, 2.75) is 75.5 Å². The van der Waals surface area contributed by atoms with Crippen LogP contribution in [0.5, 0.6) is 5.75 Å². The molecule has 0 amide bonds. The molecule has 4 rings (SSSR count). The Hall–Kier alpha value is -5.18. The number of hydrogen-bond donors (Lipinski definition) is 0. The Balaban J connectivity index is 1.70. The molecule has 0 aromatic heterocycles. The Morgan fingerprint density at radius 3 is 0.924 bits per heavy atom. The maximum Gasteiger partial charge on any atom is 0.381 e. The van der Waals surface area contributed by atoms with Crippen molar-refractivity contribution in [1.29, 1.82) is 0 Å². The van der Waals surface area contributed by atoms with Gasteiger partial charge in [-0.3, -0.25) is 0 Å². The van der Waals surface area contributed by atoms with Crippen molar-refractivity contribution in [2.75, 3.05) is 13.2 Å². The molecule has 2 atom stereocenters. The number of halogens is 26. The van der Waals surface area contributed by atoms with E-state index >= 15 is 17.6 Å². The average Bonchev–Trinajstić information content (AvgIpc) is 3.24. The van der Waals surface area contributed by atoms with Crippen LogP contribution in [0.4, 0.5) is 114 Å². The second-order valence-electron chi connectivity index (χ2n) is 14.2. The van der Waals surface area contributed by atoms with Crippen molar-refractivity contribution in [3.63, 3.8) is 0 Å². The Kier molecular flexibility index (Phi) is 14.2. The third-order valence-corrected chi connectivity index (χ3v) is 10.1. The van der Waals surface area contributed by atoms with Crippen LogP contribution in [-0.2, 0) is 16.0 Å². The summed E-state index contributed by atoms with van der Waals surface area (Å²) in [6.07, 6.45) is -2.30. The van der Waals surface area contributed by atoms with E-state index in [0.717, 1.165) is 6.92 Å². The first-order valence-electron chi connectivity index (χ1n) is 17.5. The van der Waals surface area contributed by atoms with Crippen LogP contribution in [-0.4, -0.2) is 36.9 Å². The Labute approximate surface area is 350 Å². The molecule has 0 bridgehead atoms. The topological polar surface area (TPSA) is 18.5 Å².